The van der Waals surface area contributed by atoms with E-state index in [0.717, 1.165) is 16.7 Å². The monoisotopic (exact) mass is 268 g/mol. The third-order valence-electron chi connectivity index (χ3n) is 2.85. The molecular formula is C14H12N4S. The van der Waals surface area contributed by atoms with Gasteiger partial charge in [-0.05, 0) is 43.4 Å². The summed E-state index contributed by atoms with van der Waals surface area (Å²) in [6.45, 7) is 2.05. The fraction of sp³-hybridized carbons (Fsp3) is 0.0714. The summed E-state index contributed by atoms with van der Waals surface area (Å²) in [7, 11) is 0. The zero-order chi connectivity index (χ0) is 13.2. The van der Waals surface area contributed by atoms with Crippen LogP contribution < -0.4 is 5.32 Å². The van der Waals surface area contributed by atoms with Crippen LogP contribution in [0.1, 0.15) is 5.56 Å². The lowest BCUT2D eigenvalue weighted by Gasteiger charge is -2.08. The van der Waals surface area contributed by atoms with Crippen molar-refractivity contribution in [2.45, 2.75) is 6.92 Å². The molecular weight excluding hydrogens is 256 g/mol. The minimum Gasteiger partial charge on any atom is -0.331 e. The highest BCUT2D eigenvalue weighted by molar-refractivity contribution is 7.80. The smallest absolute Gasteiger partial charge is 0.200 e. The van der Waals surface area contributed by atoms with Crippen LogP contribution in [0, 0.1) is 6.92 Å². The highest BCUT2D eigenvalue weighted by Crippen LogP contribution is 2.12. The molecule has 0 fully saturated rings. The van der Waals surface area contributed by atoms with E-state index in [-0.39, 0.29) is 0 Å². The molecule has 0 unspecified atom stereocenters. The Labute approximate surface area is 116 Å². The summed E-state index contributed by atoms with van der Waals surface area (Å²) in [6, 6.07) is 15.8. The van der Waals surface area contributed by atoms with Crippen molar-refractivity contribution >= 4 is 34.1 Å². The van der Waals surface area contributed by atoms with Gasteiger partial charge in [-0.3, -0.25) is 0 Å². The summed E-state index contributed by atoms with van der Waals surface area (Å²) in [6.07, 6.45) is 0. The fourth-order valence-corrected chi connectivity index (χ4v) is 2.08. The second kappa shape index (κ2) is 4.78. The Morgan fingerprint density at radius 3 is 2.63 bits per heavy atom. The Morgan fingerprint density at radius 2 is 1.84 bits per heavy atom. The van der Waals surface area contributed by atoms with Gasteiger partial charge in [0.25, 0.3) is 0 Å². The maximum atomic E-state index is 5.37. The van der Waals surface area contributed by atoms with Crippen LogP contribution in [0.15, 0.2) is 48.5 Å². The van der Waals surface area contributed by atoms with Gasteiger partial charge in [-0.15, -0.1) is 5.10 Å². The average molecular weight is 268 g/mol. The first-order valence-electron chi connectivity index (χ1n) is 5.92. The summed E-state index contributed by atoms with van der Waals surface area (Å²) in [4.78, 5) is 0. The quantitative estimate of drug-likeness (QED) is 0.689. The van der Waals surface area contributed by atoms with Crippen LogP contribution in [0.25, 0.3) is 11.0 Å². The van der Waals surface area contributed by atoms with Gasteiger partial charge in [0, 0.05) is 5.69 Å². The number of para-hydroxylation sites is 1. The first kappa shape index (κ1) is 11.8. The minimum atomic E-state index is 0.512. The van der Waals surface area contributed by atoms with Crippen molar-refractivity contribution in [3.05, 3.63) is 54.1 Å². The maximum absolute atomic E-state index is 5.37. The molecule has 0 bridgehead atoms. The van der Waals surface area contributed by atoms with Gasteiger partial charge in [0.05, 0.1) is 5.52 Å². The average Bonchev–Trinajstić information content (AvgIpc) is 2.85. The van der Waals surface area contributed by atoms with E-state index in [1.54, 1.807) is 4.68 Å². The van der Waals surface area contributed by atoms with Gasteiger partial charge in [-0.1, -0.05) is 35.0 Å². The molecule has 4 nitrogen and oxygen atoms in total. The highest BCUT2D eigenvalue weighted by Gasteiger charge is 2.07. The zero-order valence-electron chi connectivity index (χ0n) is 10.4. The third kappa shape index (κ3) is 2.32. The number of rotatable bonds is 1. The molecule has 0 aliphatic carbocycles. The first-order valence-corrected chi connectivity index (χ1v) is 6.33. The number of aryl methyl sites for hydroxylation is 1. The van der Waals surface area contributed by atoms with Gasteiger partial charge >= 0.3 is 0 Å². The van der Waals surface area contributed by atoms with Crippen LogP contribution in [-0.4, -0.2) is 20.1 Å². The van der Waals surface area contributed by atoms with Gasteiger partial charge in [-0.2, -0.15) is 4.68 Å². The topological polar surface area (TPSA) is 42.7 Å². The first-order chi connectivity index (χ1) is 9.24. The van der Waals surface area contributed by atoms with E-state index in [0.29, 0.717) is 5.11 Å². The van der Waals surface area contributed by atoms with Crippen molar-refractivity contribution in [3.63, 3.8) is 0 Å². The minimum absolute atomic E-state index is 0.512. The summed E-state index contributed by atoms with van der Waals surface area (Å²) in [5, 5.41) is 11.8. The van der Waals surface area contributed by atoms with E-state index < -0.39 is 0 Å². The fourth-order valence-electron chi connectivity index (χ4n) is 1.83. The largest absolute Gasteiger partial charge is 0.331 e. The Hall–Kier alpha value is -2.27. The number of nitrogens with zero attached hydrogens (tertiary/aromatic N) is 3. The molecule has 1 aromatic heterocycles. The number of nitrogens with one attached hydrogen (secondary N) is 1. The number of anilines is 1. The molecule has 1 heterocycles. The van der Waals surface area contributed by atoms with Gasteiger partial charge in [0.1, 0.15) is 5.52 Å². The summed E-state index contributed by atoms with van der Waals surface area (Å²) in [5.41, 5.74) is 3.88. The van der Waals surface area contributed by atoms with E-state index in [1.165, 1.54) is 5.56 Å². The SMILES string of the molecule is Cc1ccc(NC(=S)n2nnc3ccccc32)cc1. The molecule has 19 heavy (non-hydrogen) atoms. The zero-order valence-corrected chi connectivity index (χ0v) is 11.2. The van der Waals surface area contributed by atoms with Crippen LogP contribution in [0.3, 0.4) is 0 Å². The number of hydrogen-bond donors (Lipinski definition) is 1. The van der Waals surface area contributed by atoms with E-state index in [2.05, 4.69) is 15.6 Å². The van der Waals surface area contributed by atoms with Crippen molar-refractivity contribution in [3.8, 4) is 0 Å². The van der Waals surface area contributed by atoms with E-state index >= 15 is 0 Å². The molecule has 1 N–H and O–H groups in total. The molecule has 0 aliphatic rings. The molecule has 94 valence electrons. The van der Waals surface area contributed by atoms with E-state index in [9.17, 15) is 0 Å². The Balaban J connectivity index is 1.90. The Morgan fingerprint density at radius 1 is 1.11 bits per heavy atom. The summed E-state index contributed by atoms with van der Waals surface area (Å²) in [5.74, 6) is 0. The Kier molecular flexibility index (Phi) is 2.97. The Bertz CT molecular complexity index is 731. The van der Waals surface area contributed by atoms with Crippen LogP contribution in [0.2, 0.25) is 0 Å². The molecule has 0 radical (unpaired) electrons. The predicted molar refractivity (Wildman–Crippen MR) is 80.3 cm³/mol. The number of thiocarbonyl (C=S) groups is 1. The molecule has 2 aromatic carbocycles. The van der Waals surface area contributed by atoms with E-state index in [4.69, 9.17) is 12.2 Å². The second-order valence-electron chi connectivity index (χ2n) is 4.29. The summed E-state index contributed by atoms with van der Waals surface area (Å²) < 4.78 is 1.63. The lowest BCUT2D eigenvalue weighted by molar-refractivity contribution is 0.870. The van der Waals surface area contributed by atoms with Crippen LogP contribution in [0.4, 0.5) is 5.69 Å². The molecule has 3 rings (SSSR count). The summed E-state index contributed by atoms with van der Waals surface area (Å²) >= 11 is 5.37. The van der Waals surface area contributed by atoms with E-state index in [1.807, 2.05) is 55.5 Å². The van der Waals surface area contributed by atoms with Gasteiger partial charge < -0.3 is 5.32 Å². The number of hydrogen-bond acceptors (Lipinski definition) is 3. The van der Waals surface area contributed by atoms with Crippen LogP contribution in [-0.2, 0) is 0 Å². The molecule has 0 saturated carbocycles. The molecule has 0 atom stereocenters. The van der Waals surface area contributed by atoms with Gasteiger partial charge in [0.15, 0.2) is 0 Å². The second-order valence-corrected chi connectivity index (χ2v) is 4.67. The van der Waals surface area contributed by atoms with Crippen LogP contribution >= 0.6 is 12.2 Å². The number of aromatic nitrogens is 3. The molecule has 0 aliphatic heterocycles. The van der Waals surface area contributed by atoms with Crippen LogP contribution in [0.5, 0.6) is 0 Å². The normalized spacial score (nSPS) is 10.6. The molecule has 0 spiro atoms. The lowest BCUT2D eigenvalue weighted by Crippen LogP contribution is -2.20. The number of benzene rings is 2. The van der Waals surface area contributed by atoms with Crippen molar-refractivity contribution in [1.82, 2.24) is 15.0 Å². The van der Waals surface area contributed by atoms with Crippen molar-refractivity contribution < 1.29 is 0 Å². The van der Waals surface area contributed by atoms with Crippen molar-refractivity contribution in [1.29, 1.82) is 0 Å². The van der Waals surface area contributed by atoms with Crippen molar-refractivity contribution in [2.24, 2.45) is 0 Å². The molecule has 5 heteroatoms. The molecule has 3 aromatic rings. The lowest BCUT2D eigenvalue weighted by atomic mass is 10.2. The predicted octanol–water partition coefficient (Wildman–Crippen LogP) is 2.98. The highest BCUT2D eigenvalue weighted by atomic mass is 32.1. The third-order valence-corrected chi connectivity index (χ3v) is 3.12. The van der Waals surface area contributed by atoms with Gasteiger partial charge in [-0.25, -0.2) is 0 Å². The van der Waals surface area contributed by atoms with Gasteiger partial charge in [0.2, 0.25) is 5.11 Å². The molecule has 0 saturated heterocycles. The standard InChI is InChI=1S/C14H12N4S/c1-10-6-8-11(9-7-10)15-14(19)18-13-5-3-2-4-12(13)16-17-18/h2-9H,1H3,(H,15,19). The van der Waals surface area contributed by atoms with Crippen molar-refractivity contribution in [2.75, 3.05) is 5.32 Å². The maximum Gasteiger partial charge on any atom is 0.200 e. The number of fused-ring (bicyclic) bond motifs is 1. The molecule has 0 amide bonds.